The smallest absolute Gasteiger partial charge is 0.0577 e. The normalized spacial score (nSPS) is 52.1. The highest BCUT2D eigenvalue weighted by Crippen LogP contribution is 2.68. The molecular formula is C26H46O2. The van der Waals surface area contributed by atoms with Crippen LogP contribution < -0.4 is 0 Å². The molecule has 0 saturated heterocycles. The first-order chi connectivity index (χ1) is 13.2. The van der Waals surface area contributed by atoms with Crippen molar-refractivity contribution in [3.63, 3.8) is 0 Å². The summed E-state index contributed by atoms with van der Waals surface area (Å²) in [5.74, 6) is 4.92. The Balaban J connectivity index is 1.55. The highest BCUT2D eigenvalue weighted by atomic mass is 16.3. The molecule has 0 amide bonds. The molecular weight excluding hydrogens is 344 g/mol. The van der Waals surface area contributed by atoms with Crippen LogP contribution in [0.4, 0.5) is 0 Å². The summed E-state index contributed by atoms with van der Waals surface area (Å²) in [6.07, 6.45) is 11.9. The Kier molecular flexibility index (Phi) is 5.71. The molecule has 4 fully saturated rings. The molecule has 4 unspecified atom stereocenters. The summed E-state index contributed by atoms with van der Waals surface area (Å²) in [5, 5.41) is 21.6. The summed E-state index contributed by atoms with van der Waals surface area (Å²) >= 11 is 0. The van der Waals surface area contributed by atoms with E-state index >= 15 is 0 Å². The maximum Gasteiger partial charge on any atom is 0.0577 e. The van der Waals surface area contributed by atoms with Gasteiger partial charge in [0.15, 0.2) is 0 Å². The van der Waals surface area contributed by atoms with Gasteiger partial charge in [-0.15, -0.1) is 0 Å². The number of aliphatic hydroxyl groups is 2. The Morgan fingerprint density at radius 3 is 2.21 bits per heavy atom. The number of fused-ring (bicyclic) bond motifs is 5. The number of hydrogen-bond donors (Lipinski definition) is 2. The minimum atomic E-state index is -0.136. The van der Waals surface area contributed by atoms with E-state index in [1.807, 2.05) is 0 Å². The van der Waals surface area contributed by atoms with Crippen LogP contribution in [0, 0.1) is 52.3 Å². The van der Waals surface area contributed by atoms with Crippen LogP contribution >= 0.6 is 0 Å². The molecule has 2 heteroatoms. The predicted molar refractivity (Wildman–Crippen MR) is 116 cm³/mol. The van der Waals surface area contributed by atoms with Gasteiger partial charge < -0.3 is 10.2 Å². The van der Waals surface area contributed by atoms with Crippen LogP contribution in [0.1, 0.15) is 98.8 Å². The van der Waals surface area contributed by atoms with Crippen molar-refractivity contribution >= 4 is 0 Å². The van der Waals surface area contributed by atoms with Crippen LogP contribution in [-0.4, -0.2) is 22.4 Å². The molecule has 0 bridgehead atoms. The van der Waals surface area contributed by atoms with Gasteiger partial charge in [0.1, 0.15) is 0 Å². The van der Waals surface area contributed by atoms with Crippen molar-refractivity contribution < 1.29 is 10.2 Å². The fourth-order valence-electron chi connectivity index (χ4n) is 8.97. The lowest BCUT2D eigenvalue weighted by atomic mass is 9.43. The molecule has 0 aromatic rings. The maximum absolute atomic E-state index is 11.3. The third-order valence-corrected chi connectivity index (χ3v) is 10.6. The predicted octanol–water partition coefficient (Wildman–Crippen LogP) is 6.05. The fourth-order valence-corrected chi connectivity index (χ4v) is 8.97. The minimum absolute atomic E-state index is 0.131. The molecule has 162 valence electrons. The molecule has 0 spiro atoms. The zero-order valence-electron chi connectivity index (χ0n) is 19.2. The zero-order chi connectivity index (χ0) is 20.3. The molecule has 0 heterocycles. The second kappa shape index (κ2) is 7.56. The van der Waals surface area contributed by atoms with Crippen molar-refractivity contribution in [2.24, 2.45) is 52.3 Å². The van der Waals surface area contributed by atoms with Crippen molar-refractivity contribution in [3.05, 3.63) is 0 Å². The van der Waals surface area contributed by atoms with Crippen molar-refractivity contribution in [1.82, 2.24) is 0 Å². The van der Waals surface area contributed by atoms with Crippen LogP contribution in [0.25, 0.3) is 0 Å². The molecule has 10 atom stereocenters. The van der Waals surface area contributed by atoms with E-state index in [0.717, 1.165) is 42.9 Å². The lowest BCUT2D eigenvalue weighted by Crippen LogP contribution is -2.58. The largest absolute Gasteiger partial charge is 0.393 e. The van der Waals surface area contributed by atoms with Crippen LogP contribution in [0.15, 0.2) is 0 Å². The first-order valence-electron chi connectivity index (χ1n) is 12.5. The van der Waals surface area contributed by atoms with Crippen LogP contribution in [-0.2, 0) is 0 Å². The number of rotatable bonds is 4. The van der Waals surface area contributed by atoms with Crippen molar-refractivity contribution in [2.75, 3.05) is 0 Å². The Bertz CT molecular complexity index is 559. The van der Waals surface area contributed by atoms with Crippen molar-refractivity contribution in [1.29, 1.82) is 0 Å². The van der Waals surface area contributed by atoms with Gasteiger partial charge in [-0.1, -0.05) is 47.5 Å². The Morgan fingerprint density at radius 2 is 1.50 bits per heavy atom. The topological polar surface area (TPSA) is 40.5 Å². The maximum atomic E-state index is 11.3. The second-order valence-electron chi connectivity index (χ2n) is 12.4. The molecule has 0 aliphatic heterocycles. The first-order valence-corrected chi connectivity index (χ1v) is 12.5. The third-order valence-electron chi connectivity index (χ3n) is 10.6. The lowest BCUT2D eigenvalue weighted by Gasteiger charge is -2.62. The summed E-state index contributed by atoms with van der Waals surface area (Å²) < 4.78 is 0. The first kappa shape index (κ1) is 21.2. The molecule has 28 heavy (non-hydrogen) atoms. The summed E-state index contributed by atoms with van der Waals surface area (Å²) in [6.45, 7) is 12.3. The van der Waals surface area contributed by atoms with Gasteiger partial charge in [0, 0.05) is 0 Å². The Morgan fingerprint density at radius 1 is 0.821 bits per heavy atom. The third kappa shape index (κ3) is 3.29. The molecule has 4 saturated carbocycles. The molecule has 4 aliphatic carbocycles. The SMILES string of the molecule is CC(C)CC[C@@H](C)[C@H]1CCC2C3C(O)C[C@@H]4C[C@H](O)CC[C@]4(C)C3CC[C@@]21C. The Labute approximate surface area is 173 Å². The monoisotopic (exact) mass is 390 g/mol. The van der Waals surface area contributed by atoms with Gasteiger partial charge in [0.25, 0.3) is 0 Å². The van der Waals surface area contributed by atoms with Gasteiger partial charge >= 0.3 is 0 Å². The number of aliphatic hydroxyl groups excluding tert-OH is 2. The molecule has 0 radical (unpaired) electrons. The van der Waals surface area contributed by atoms with E-state index in [-0.39, 0.29) is 12.2 Å². The molecule has 0 aromatic carbocycles. The van der Waals surface area contributed by atoms with Crippen LogP contribution in [0.5, 0.6) is 0 Å². The van der Waals surface area contributed by atoms with Gasteiger partial charge in [-0.3, -0.25) is 0 Å². The summed E-state index contributed by atoms with van der Waals surface area (Å²) in [4.78, 5) is 0. The fraction of sp³-hybridized carbons (Fsp3) is 1.00. The second-order valence-corrected chi connectivity index (χ2v) is 12.4. The van der Waals surface area contributed by atoms with E-state index in [0.29, 0.717) is 28.6 Å². The van der Waals surface area contributed by atoms with Gasteiger partial charge in [0.05, 0.1) is 12.2 Å². The van der Waals surface area contributed by atoms with Gasteiger partial charge in [0.2, 0.25) is 0 Å². The van der Waals surface area contributed by atoms with E-state index in [1.165, 1.54) is 44.9 Å². The highest BCUT2D eigenvalue weighted by molar-refractivity contribution is 5.11. The quantitative estimate of drug-likeness (QED) is 0.613. The van der Waals surface area contributed by atoms with E-state index < -0.39 is 0 Å². The highest BCUT2D eigenvalue weighted by Gasteiger charge is 2.62. The van der Waals surface area contributed by atoms with Crippen molar-refractivity contribution in [3.8, 4) is 0 Å². The summed E-state index contributed by atoms with van der Waals surface area (Å²) in [6, 6.07) is 0. The van der Waals surface area contributed by atoms with E-state index in [1.54, 1.807) is 0 Å². The van der Waals surface area contributed by atoms with E-state index in [4.69, 9.17) is 0 Å². The van der Waals surface area contributed by atoms with Crippen molar-refractivity contribution in [2.45, 2.75) is 111 Å². The average Bonchev–Trinajstić information content (AvgIpc) is 2.98. The molecule has 0 aromatic heterocycles. The zero-order valence-corrected chi connectivity index (χ0v) is 19.2. The molecule has 2 nitrogen and oxygen atoms in total. The molecule has 4 rings (SSSR count). The van der Waals surface area contributed by atoms with Gasteiger partial charge in [-0.05, 0) is 104 Å². The Hall–Kier alpha value is -0.0800. The van der Waals surface area contributed by atoms with Gasteiger partial charge in [-0.2, -0.15) is 0 Å². The standard InChI is InChI=1S/C26H46O2/c1-16(2)6-7-17(3)20-8-9-21-24-22(11-13-26(20,21)5)25(4)12-10-19(27)14-18(25)15-23(24)28/h16-24,27-28H,6-15H2,1-5H3/t17-,18+,19-,20-,21?,22?,23?,24?,25+,26-/m1/s1. The van der Waals surface area contributed by atoms with Gasteiger partial charge in [-0.25, -0.2) is 0 Å². The molecule has 4 aliphatic rings. The lowest BCUT2D eigenvalue weighted by molar-refractivity contribution is -0.174. The average molecular weight is 391 g/mol. The molecule has 2 N–H and O–H groups in total. The van der Waals surface area contributed by atoms with Crippen LogP contribution in [0.2, 0.25) is 0 Å². The van der Waals surface area contributed by atoms with E-state index in [9.17, 15) is 10.2 Å². The van der Waals surface area contributed by atoms with Crippen LogP contribution in [0.3, 0.4) is 0 Å². The summed E-state index contributed by atoms with van der Waals surface area (Å²) in [5.41, 5.74) is 0.793. The summed E-state index contributed by atoms with van der Waals surface area (Å²) in [7, 11) is 0. The van der Waals surface area contributed by atoms with E-state index in [2.05, 4.69) is 34.6 Å². The number of hydrogen-bond acceptors (Lipinski definition) is 2. The minimum Gasteiger partial charge on any atom is -0.393 e.